The molecule has 3 aromatic carbocycles. The zero-order valence-electron chi connectivity index (χ0n) is 20.9. The highest BCUT2D eigenvalue weighted by Gasteiger charge is 2.24. The Labute approximate surface area is 213 Å². The molecular formula is C28H26N6O3. The van der Waals surface area contributed by atoms with Crippen LogP contribution in [-0.4, -0.2) is 41.0 Å². The fourth-order valence-corrected chi connectivity index (χ4v) is 4.29. The molecule has 1 amide bonds. The van der Waals surface area contributed by atoms with Crippen LogP contribution >= 0.6 is 0 Å². The van der Waals surface area contributed by atoms with Crippen LogP contribution in [0.4, 0.5) is 11.5 Å². The first-order valence-corrected chi connectivity index (χ1v) is 11.6. The standard InChI is InChI=1S/C28H26N6O3/c1-16-11-17(2)13-19(12-16)31-28(35)24-25-27(33-21-8-6-5-7-20(21)32-25)34(26(24)29)30-15-18-9-10-22(36-3)23(14-18)37-4/h5-15H,29H2,1-4H3,(H,31,35)/b30-15-. The van der Waals surface area contributed by atoms with Crippen molar-refractivity contribution in [1.82, 2.24) is 14.6 Å². The SMILES string of the molecule is COc1ccc(/C=N\n2c(N)c(C(=O)Nc3cc(C)cc(C)c3)c3nc4ccccc4nc32)cc1OC. The largest absolute Gasteiger partial charge is 0.493 e. The molecule has 5 aromatic rings. The number of nitrogens with zero attached hydrogens (tertiary/aromatic N) is 4. The van der Waals surface area contributed by atoms with Gasteiger partial charge in [0.05, 0.1) is 31.5 Å². The number of nitrogens with one attached hydrogen (secondary N) is 1. The third-order valence-electron chi connectivity index (χ3n) is 5.91. The number of carbonyl (C=O) groups is 1. The summed E-state index contributed by atoms with van der Waals surface area (Å²) >= 11 is 0. The van der Waals surface area contributed by atoms with Crippen molar-refractivity contribution in [2.75, 3.05) is 25.3 Å². The number of aryl methyl sites for hydroxylation is 2. The van der Waals surface area contributed by atoms with E-state index in [0.29, 0.717) is 39.4 Å². The molecule has 2 aromatic heterocycles. The van der Waals surface area contributed by atoms with Crippen molar-refractivity contribution in [3.63, 3.8) is 0 Å². The molecule has 0 spiro atoms. The number of rotatable bonds is 6. The van der Waals surface area contributed by atoms with Crippen LogP contribution in [0.15, 0.2) is 65.8 Å². The molecule has 0 unspecified atom stereocenters. The second kappa shape index (κ2) is 9.62. The van der Waals surface area contributed by atoms with Crippen LogP contribution in [0.1, 0.15) is 27.0 Å². The second-order valence-electron chi connectivity index (χ2n) is 8.65. The number of nitrogen functional groups attached to an aromatic ring is 1. The van der Waals surface area contributed by atoms with E-state index < -0.39 is 5.91 Å². The average Bonchev–Trinajstić information content (AvgIpc) is 3.15. The minimum Gasteiger partial charge on any atom is -0.493 e. The highest BCUT2D eigenvalue weighted by Crippen LogP contribution is 2.30. The lowest BCUT2D eigenvalue weighted by molar-refractivity contribution is 0.102. The van der Waals surface area contributed by atoms with Crippen LogP contribution in [0.5, 0.6) is 11.5 Å². The Morgan fingerprint density at radius 1 is 0.946 bits per heavy atom. The van der Waals surface area contributed by atoms with Gasteiger partial charge in [-0.15, -0.1) is 0 Å². The van der Waals surface area contributed by atoms with Gasteiger partial charge >= 0.3 is 0 Å². The van der Waals surface area contributed by atoms with Gasteiger partial charge in [0, 0.05) is 5.69 Å². The number of ether oxygens (including phenoxy) is 2. The molecule has 0 saturated carbocycles. The van der Waals surface area contributed by atoms with Gasteiger partial charge in [0.2, 0.25) is 0 Å². The lowest BCUT2D eigenvalue weighted by Crippen LogP contribution is -2.14. The number of methoxy groups -OCH3 is 2. The molecule has 0 aliphatic rings. The molecule has 0 bridgehead atoms. The number of anilines is 2. The Hall–Kier alpha value is -4.92. The molecule has 37 heavy (non-hydrogen) atoms. The van der Waals surface area contributed by atoms with Crippen molar-refractivity contribution in [2.45, 2.75) is 13.8 Å². The van der Waals surface area contributed by atoms with E-state index in [2.05, 4.69) is 10.4 Å². The molecular weight excluding hydrogens is 468 g/mol. The van der Waals surface area contributed by atoms with E-state index in [-0.39, 0.29) is 11.4 Å². The van der Waals surface area contributed by atoms with E-state index in [1.54, 1.807) is 32.6 Å². The predicted octanol–water partition coefficient (Wildman–Crippen LogP) is 4.94. The van der Waals surface area contributed by atoms with Crippen molar-refractivity contribution < 1.29 is 14.3 Å². The van der Waals surface area contributed by atoms with E-state index in [1.165, 1.54) is 4.68 Å². The third-order valence-corrected chi connectivity index (χ3v) is 5.91. The monoisotopic (exact) mass is 494 g/mol. The van der Waals surface area contributed by atoms with Crippen molar-refractivity contribution in [3.05, 3.63) is 82.9 Å². The van der Waals surface area contributed by atoms with Crippen molar-refractivity contribution in [3.8, 4) is 11.5 Å². The Kier molecular flexibility index (Phi) is 6.19. The summed E-state index contributed by atoms with van der Waals surface area (Å²) < 4.78 is 12.1. The maximum absolute atomic E-state index is 13.5. The maximum atomic E-state index is 13.5. The fourth-order valence-electron chi connectivity index (χ4n) is 4.29. The molecule has 186 valence electrons. The summed E-state index contributed by atoms with van der Waals surface area (Å²) in [5, 5.41) is 7.52. The van der Waals surface area contributed by atoms with Gasteiger partial charge in [-0.05, 0) is 73.0 Å². The average molecular weight is 495 g/mol. The van der Waals surface area contributed by atoms with Crippen molar-refractivity contribution in [2.24, 2.45) is 5.10 Å². The number of hydrogen-bond acceptors (Lipinski definition) is 7. The van der Waals surface area contributed by atoms with E-state index in [4.69, 9.17) is 25.2 Å². The smallest absolute Gasteiger partial charge is 0.261 e. The number of hydrogen-bond donors (Lipinski definition) is 2. The topological polar surface area (TPSA) is 117 Å². The number of fused-ring (bicyclic) bond motifs is 2. The van der Waals surface area contributed by atoms with Gasteiger partial charge in [0.1, 0.15) is 16.9 Å². The molecule has 0 aliphatic heterocycles. The Morgan fingerprint density at radius 2 is 1.62 bits per heavy atom. The molecule has 0 aliphatic carbocycles. The van der Waals surface area contributed by atoms with Crippen LogP contribution in [0.3, 0.4) is 0 Å². The van der Waals surface area contributed by atoms with Gasteiger partial charge in [-0.2, -0.15) is 9.78 Å². The summed E-state index contributed by atoms with van der Waals surface area (Å²) in [4.78, 5) is 23.0. The number of benzene rings is 3. The minimum atomic E-state index is -0.392. The van der Waals surface area contributed by atoms with E-state index in [9.17, 15) is 4.79 Å². The molecule has 0 atom stereocenters. The third kappa shape index (κ3) is 4.54. The molecule has 5 rings (SSSR count). The minimum absolute atomic E-state index is 0.129. The first-order chi connectivity index (χ1) is 17.9. The number of aromatic nitrogens is 3. The predicted molar refractivity (Wildman–Crippen MR) is 146 cm³/mol. The molecule has 0 fully saturated rings. The fraction of sp³-hybridized carbons (Fsp3) is 0.143. The number of carbonyl (C=O) groups excluding carboxylic acids is 1. The summed E-state index contributed by atoms with van der Waals surface area (Å²) in [5.41, 5.74) is 12.3. The lowest BCUT2D eigenvalue weighted by atomic mass is 10.1. The van der Waals surface area contributed by atoms with Crippen LogP contribution in [0, 0.1) is 13.8 Å². The van der Waals surface area contributed by atoms with Crippen molar-refractivity contribution >= 4 is 45.8 Å². The normalized spacial score (nSPS) is 11.4. The second-order valence-corrected chi connectivity index (χ2v) is 8.65. The quantitative estimate of drug-likeness (QED) is 0.323. The lowest BCUT2D eigenvalue weighted by Gasteiger charge is -2.08. The van der Waals surface area contributed by atoms with Crippen LogP contribution in [-0.2, 0) is 0 Å². The van der Waals surface area contributed by atoms with E-state index in [1.807, 2.05) is 62.4 Å². The zero-order chi connectivity index (χ0) is 26.1. The Bertz CT molecular complexity index is 1670. The van der Waals surface area contributed by atoms with Crippen molar-refractivity contribution in [1.29, 1.82) is 0 Å². The van der Waals surface area contributed by atoms with Gasteiger partial charge in [-0.1, -0.05) is 18.2 Å². The van der Waals surface area contributed by atoms with Crippen LogP contribution in [0.2, 0.25) is 0 Å². The summed E-state index contributed by atoms with van der Waals surface area (Å²) in [6, 6.07) is 18.7. The van der Waals surface area contributed by atoms with Gasteiger partial charge in [-0.3, -0.25) is 4.79 Å². The van der Waals surface area contributed by atoms with E-state index in [0.717, 1.165) is 16.7 Å². The number of para-hydroxylation sites is 2. The first-order valence-electron chi connectivity index (χ1n) is 11.6. The van der Waals surface area contributed by atoms with Gasteiger partial charge in [0.25, 0.3) is 5.91 Å². The zero-order valence-corrected chi connectivity index (χ0v) is 20.9. The van der Waals surface area contributed by atoms with Gasteiger partial charge in [0.15, 0.2) is 17.1 Å². The Balaban J connectivity index is 1.64. The molecule has 9 nitrogen and oxygen atoms in total. The number of nitrogens with two attached hydrogens (primary N) is 1. The molecule has 0 radical (unpaired) electrons. The summed E-state index contributed by atoms with van der Waals surface area (Å²) in [6.07, 6.45) is 1.61. The molecule has 3 N–H and O–H groups in total. The molecule has 9 heteroatoms. The Morgan fingerprint density at radius 3 is 2.30 bits per heavy atom. The van der Waals surface area contributed by atoms with Gasteiger partial charge in [-0.25, -0.2) is 9.97 Å². The summed E-state index contributed by atoms with van der Waals surface area (Å²) in [7, 11) is 3.14. The highest BCUT2D eigenvalue weighted by atomic mass is 16.5. The van der Waals surface area contributed by atoms with E-state index >= 15 is 0 Å². The van der Waals surface area contributed by atoms with Crippen LogP contribution < -0.4 is 20.5 Å². The van der Waals surface area contributed by atoms with Gasteiger partial charge < -0.3 is 20.5 Å². The summed E-state index contributed by atoms with van der Waals surface area (Å²) in [6.45, 7) is 3.95. The number of amides is 1. The maximum Gasteiger partial charge on any atom is 0.261 e. The highest BCUT2D eigenvalue weighted by molar-refractivity contribution is 6.16. The molecule has 0 saturated heterocycles. The first kappa shape index (κ1) is 23.8. The summed E-state index contributed by atoms with van der Waals surface area (Å²) in [5.74, 6) is 0.908. The molecule has 2 heterocycles. The van der Waals surface area contributed by atoms with Crippen LogP contribution in [0.25, 0.3) is 22.2 Å².